The van der Waals surface area contributed by atoms with Crippen LogP contribution in [0, 0.1) is 6.92 Å². The maximum atomic E-state index is 12.9. The molecule has 1 fully saturated rings. The molecule has 0 spiro atoms. The summed E-state index contributed by atoms with van der Waals surface area (Å²) in [7, 11) is -2.27. The molecule has 2 aromatic carbocycles. The van der Waals surface area contributed by atoms with Crippen LogP contribution < -0.4 is 13.8 Å². The van der Waals surface area contributed by atoms with Gasteiger partial charge in [-0.05, 0) is 42.3 Å². The molecular formula is C19H17NO5S3. The molecule has 3 rings (SSSR count). The van der Waals surface area contributed by atoms with Crippen molar-refractivity contribution in [3.05, 3.63) is 58.5 Å². The maximum absolute atomic E-state index is 12.9. The molecule has 0 saturated carbocycles. The Kier molecular flexibility index (Phi) is 5.78. The summed E-state index contributed by atoms with van der Waals surface area (Å²) in [6.07, 6.45) is 2.64. The van der Waals surface area contributed by atoms with E-state index in [0.29, 0.717) is 14.8 Å². The smallest absolute Gasteiger partial charge is 0.306 e. The lowest BCUT2D eigenvalue weighted by Crippen LogP contribution is -2.28. The zero-order valence-electron chi connectivity index (χ0n) is 15.3. The first-order valence-electron chi connectivity index (χ1n) is 8.10. The van der Waals surface area contributed by atoms with E-state index < -0.39 is 10.1 Å². The Bertz CT molecular complexity index is 1090. The molecule has 0 aromatic heterocycles. The minimum Gasteiger partial charge on any atom is -0.493 e. The fraction of sp³-hybridized carbons (Fsp3) is 0.158. The zero-order chi connectivity index (χ0) is 20.5. The number of aryl methyl sites for hydroxylation is 1. The Morgan fingerprint density at radius 3 is 2.50 bits per heavy atom. The molecule has 1 aliphatic rings. The molecule has 2 aromatic rings. The predicted molar refractivity (Wildman–Crippen MR) is 115 cm³/mol. The average Bonchev–Trinajstić information content (AvgIpc) is 2.89. The van der Waals surface area contributed by atoms with Crippen molar-refractivity contribution in [1.29, 1.82) is 0 Å². The highest BCUT2D eigenvalue weighted by Crippen LogP contribution is 2.38. The van der Waals surface area contributed by atoms with Crippen LogP contribution in [0.4, 0.5) is 5.69 Å². The van der Waals surface area contributed by atoms with E-state index in [-0.39, 0.29) is 17.4 Å². The number of rotatable bonds is 5. The Hall–Kier alpha value is -2.36. The quantitative estimate of drug-likeness (QED) is 0.402. The number of amides is 1. The van der Waals surface area contributed by atoms with Crippen molar-refractivity contribution < 1.29 is 22.1 Å². The van der Waals surface area contributed by atoms with Gasteiger partial charge in [0.15, 0.2) is 15.8 Å². The van der Waals surface area contributed by atoms with Gasteiger partial charge in [-0.3, -0.25) is 9.69 Å². The van der Waals surface area contributed by atoms with Gasteiger partial charge >= 0.3 is 10.1 Å². The van der Waals surface area contributed by atoms with Crippen molar-refractivity contribution in [2.24, 2.45) is 0 Å². The number of hydrogen-bond acceptors (Lipinski definition) is 7. The van der Waals surface area contributed by atoms with E-state index in [1.807, 2.05) is 31.2 Å². The molecular weight excluding hydrogens is 418 g/mol. The van der Waals surface area contributed by atoms with Crippen LogP contribution in [-0.2, 0) is 14.9 Å². The van der Waals surface area contributed by atoms with Gasteiger partial charge in [-0.25, -0.2) is 0 Å². The van der Waals surface area contributed by atoms with Crippen LogP contribution in [0.5, 0.6) is 11.5 Å². The summed E-state index contributed by atoms with van der Waals surface area (Å²) in [5, 5.41) is 0. The lowest BCUT2D eigenvalue weighted by Gasteiger charge is -2.16. The first kappa shape index (κ1) is 20.4. The van der Waals surface area contributed by atoms with Gasteiger partial charge in [0.1, 0.15) is 0 Å². The zero-order valence-corrected chi connectivity index (χ0v) is 17.8. The topological polar surface area (TPSA) is 72.9 Å². The number of hydrogen-bond donors (Lipinski definition) is 0. The van der Waals surface area contributed by atoms with Crippen molar-refractivity contribution in [3.8, 4) is 11.5 Å². The number of carbonyl (C=O) groups is 1. The first-order chi connectivity index (χ1) is 13.2. The van der Waals surface area contributed by atoms with Crippen molar-refractivity contribution in [2.75, 3.05) is 18.3 Å². The summed E-state index contributed by atoms with van der Waals surface area (Å²) in [4.78, 5) is 14.9. The Balaban J connectivity index is 1.93. The minimum absolute atomic E-state index is 0.0783. The number of thiocarbonyl (C=S) groups is 1. The third-order valence-electron chi connectivity index (χ3n) is 3.88. The summed E-state index contributed by atoms with van der Waals surface area (Å²) < 4.78 is 33.3. The average molecular weight is 436 g/mol. The van der Waals surface area contributed by atoms with E-state index >= 15 is 0 Å². The second kappa shape index (κ2) is 7.94. The predicted octanol–water partition coefficient (Wildman–Crippen LogP) is 3.75. The third-order valence-corrected chi connectivity index (χ3v) is 5.66. The SMILES string of the molecule is COc1cc(/C=C2\SC(=S)N(c3ccccc3C)C2=O)ccc1OS(C)(=O)=O. The normalized spacial score (nSPS) is 16.0. The van der Waals surface area contributed by atoms with Crippen molar-refractivity contribution in [3.63, 3.8) is 0 Å². The molecule has 28 heavy (non-hydrogen) atoms. The molecule has 0 atom stereocenters. The Morgan fingerprint density at radius 1 is 1.14 bits per heavy atom. The molecule has 1 heterocycles. The number of para-hydroxylation sites is 1. The number of thioether (sulfide) groups is 1. The third kappa shape index (κ3) is 4.37. The van der Waals surface area contributed by atoms with E-state index in [1.165, 1.54) is 29.8 Å². The van der Waals surface area contributed by atoms with Gasteiger partial charge in [-0.1, -0.05) is 48.2 Å². The van der Waals surface area contributed by atoms with E-state index in [2.05, 4.69) is 0 Å². The second-order valence-electron chi connectivity index (χ2n) is 6.00. The number of ether oxygens (including phenoxy) is 1. The van der Waals surface area contributed by atoms with Crippen molar-refractivity contribution in [1.82, 2.24) is 0 Å². The minimum atomic E-state index is -3.68. The molecule has 0 aliphatic carbocycles. The molecule has 146 valence electrons. The van der Waals surface area contributed by atoms with E-state index in [0.717, 1.165) is 17.5 Å². The number of carbonyl (C=O) groups excluding carboxylic acids is 1. The van der Waals surface area contributed by atoms with Gasteiger partial charge in [0.05, 0.1) is 24.0 Å². The van der Waals surface area contributed by atoms with Crippen LogP contribution in [0.3, 0.4) is 0 Å². The summed E-state index contributed by atoms with van der Waals surface area (Å²) in [6.45, 7) is 1.92. The summed E-state index contributed by atoms with van der Waals surface area (Å²) >= 11 is 6.61. The van der Waals surface area contributed by atoms with Gasteiger partial charge in [0.2, 0.25) is 0 Å². The van der Waals surface area contributed by atoms with Crippen LogP contribution in [-0.4, -0.2) is 32.0 Å². The fourth-order valence-corrected chi connectivity index (χ4v) is 4.40. The highest BCUT2D eigenvalue weighted by Gasteiger charge is 2.34. The van der Waals surface area contributed by atoms with Crippen molar-refractivity contribution in [2.45, 2.75) is 6.92 Å². The number of anilines is 1. The highest BCUT2D eigenvalue weighted by atomic mass is 32.2. The molecule has 0 radical (unpaired) electrons. The van der Waals surface area contributed by atoms with Gasteiger partial charge < -0.3 is 8.92 Å². The fourth-order valence-electron chi connectivity index (χ4n) is 2.65. The summed E-state index contributed by atoms with van der Waals surface area (Å²) in [5.74, 6) is 0.114. The van der Waals surface area contributed by atoms with Gasteiger partial charge in [-0.2, -0.15) is 8.42 Å². The summed E-state index contributed by atoms with van der Waals surface area (Å²) in [6, 6.07) is 12.2. The largest absolute Gasteiger partial charge is 0.493 e. The summed E-state index contributed by atoms with van der Waals surface area (Å²) in [5.41, 5.74) is 2.36. The number of methoxy groups -OCH3 is 1. The number of nitrogens with zero attached hydrogens (tertiary/aromatic N) is 1. The van der Waals surface area contributed by atoms with Crippen molar-refractivity contribution >= 4 is 56.1 Å². The Labute approximate surface area is 173 Å². The molecule has 1 saturated heterocycles. The molecule has 1 amide bonds. The lowest BCUT2D eigenvalue weighted by atomic mass is 10.1. The van der Waals surface area contributed by atoms with E-state index in [1.54, 1.807) is 18.2 Å². The van der Waals surface area contributed by atoms with Gasteiger partial charge in [0.25, 0.3) is 5.91 Å². The van der Waals surface area contributed by atoms with E-state index in [4.69, 9.17) is 21.1 Å². The molecule has 0 bridgehead atoms. The maximum Gasteiger partial charge on any atom is 0.306 e. The standard InChI is InChI=1S/C19H17NO5S3/c1-12-6-4-5-7-14(12)20-18(21)17(27-19(20)26)11-13-8-9-15(16(10-13)24-2)25-28(3,22)23/h4-11H,1-3H3/b17-11-. The molecule has 0 unspecified atom stereocenters. The molecule has 0 N–H and O–H groups in total. The lowest BCUT2D eigenvalue weighted by molar-refractivity contribution is -0.113. The molecule has 6 nitrogen and oxygen atoms in total. The molecule has 9 heteroatoms. The van der Waals surface area contributed by atoms with Crippen LogP contribution in [0.1, 0.15) is 11.1 Å². The van der Waals surface area contributed by atoms with Crippen LogP contribution in [0.15, 0.2) is 47.4 Å². The highest BCUT2D eigenvalue weighted by molar-refractivity contribution is 8.27. The van der Waals surface area contributed by atoms with E-state index in [9.17, 15) is 13.2 Å². The Morgan fingerprint density at radius 2 is 1.86 bits per heavy atom. The first-order valence-corrected chi connectivity index (χ1v) is 11.1. The van der Waals surface area contributed by atoms with Crippen LogP contribution >= 0.6 is 24.0 Å². The second-order valence-corrected chi connectivity index (χ2v) is 9.25. The van der Waals surface area contributed by atoms with Crippen LogP contribution in [0.25, 0.3) is 6.08 Å². The number of benzene rings is 2. The van der Waals surface area contributed by atoms with Crippen LogP contribution in [0.2, 0.25) is 0 Å². The molecule has 1 aliphatic heterocycles. The van der Waals surface area contributed by atoms with Gasteiger partial charge in [-0.15, -0.1) is 0 Å². The van der Waals surface area contributed by atoms with Gasteiger partial charge in [0, 0.05) is 0 Å². The monoisotopic (exact) mass is 435 g/mol.